The number of nitrogens with zero attached hydrogens (tertiary/aromatic N) is 1. The number of aromatic nitrogens is 2. The molecule has 0 bridgehead atoms. The van der Waals surface area contributed by atoms with Crippen LogP contribution in [0.3, 0.4) is 0 Å². The number of hydrogen-bond acceptors (Lipinski definition) is 2. The predicted molar refractivity (Wildman–Crippen MR) is 68.6 cm³/mol. The topological polar surface area (TPSA) is 57.8 Å². The van der Waals surface area contributed by atoms with Crippen LogP contribution in [0.15, 0.2) is 35.2 Å². The molecule has 0 spiro atoms. The van der Waals surface area contributed by atoms with E-state index in [0.717, 1.165) is 15.7 Å². The monoisotopic (exact) mass is 293 g/mol. The number of aromatic amines is 1. The Bertz CT molecular complexity index is 523. The van der Waals surface area contributed by atoms with Crippen molar-refractivity contribution in [2.24, 2.45) is 0 Å². The van der Waals surface area contributed by atoms with Crippen molar-refractivity contribution in [3.05, 3.63) is 52.0 Å². The maximum Gasteiger partial charge on any atom is 0.251 e. The van der Waals surface area contributed by atoms with Crippen molar-refractivity contribution in [1.82, 2.24) is 15.3 Å². The molecule has 2 N–H and O–H groups in total. The van der Waals surface area contributed by atoms with Crippen LogP contribution in [0, 0.1) is 6.92 Å². The van der Waals surface area contributed by atoms with E-state index >= 15 is 0 Å². The minimum Gasteiger partial charge on any atom is -0.347 e. The summed E-state index contributed by atoms with van der Waals surface area (Å²) in [5.74, 6) is -0.0878. The highest BCUT2D eigenvalue weighted by Crippen LogP contribution is 2.16. The van der Waals surface area contributed by atoms with Crippen LogP contribution in [0.4, 0.5) is 0 Å². The zero-order chi connectivity index (χ0) is 12.3. The van der Waals surface area contributed by atoms with Crippen molar-refractivity contribution in [1.29, 1.82) is 0 Å². The quantitative estimate of drug-likeness (QED) is 0.913. The maximum atomic E-state index is 11.8. The molecule has 0 atom stereocenters. The van der Waals surface area contributed by atoms with E-state index in [-0.39, 0.29) is 5.91 Å². The normalized spacial score (nSPS) is 10.2. The summed E-state index contributed by atoms with van der Waals surface area (Å²) in [6, 6.07) is 5.52. The summed E-state index contributed by atoms with van der Waals surface area (Å²) in [5, 5.41) is 2.82. The summed E-state index contributed by atoms with van der Waals surface area (Å²) < 4.78 is 1.00. The third-order valence-electron chi connectivity index (χ3n) is 2.41. The van der Waals surface area contributed by atoms with E-state index in [1.54, 1.807) is 18.6 Å². The highest BCUT2D eigenvalue weighted by atomic mass is 79.9. The second-order valence-electron chi connectivity index (χ2n) is 3.72. The molecule has 0 aliphatic carbocycles. The number of hydrogen-bond donors (Lipinski definition) is 2. The molecule has 0 saturated heterocycles. The Hall–Kier alpha value is -1.62. The SMILES string of the molecule is Cc1cc(C(=O)NCc2cnc[nH]2)ccc1Br. The van der Waals surface area contributed by atoms with Crippen molar-refractivity contribution in [3.63, 3.8) is 0 Å². The Morgan fingerprint density at radius 1 is 1.53 bits per heavy atom. The molecule has 1 heterocycles. The van der Waals surface area contributed by atoms with Crippen molar-refractivity contribution < 1.29 is 4.79 Å². The molecule has 0 saturated carbocycles. The molecule has 0 fully saturated rings. The van der Waals surface area contributed by atoms with E-state index < -0.39 is 0 Å². The van der Waals surface area contributed by atoms with Crippen LogP contribution in [-0.2, 0) is 6.54 Å². The predicted octanol–water partition coefficient (Wildman–Crippen LogP) is 2.41. The number of carbonyl (C=O) groups excluding carboxylic acids is 1. The zero-order valence-electron chi connectivity index (χ0n) is 9.33. The zero-order valence-corrected chi connectivity index (χ0v) is 10.9. The number of aryl methyl sites for hydroxylation is 1. The molecule has 0 unspecified atom stereocenters. The van der Waals surface area contributed by atoms with Gasteiger partial charge in [-0.15, -0.1) is 0 Å². The van der Waals surface area contributed by atoms with Gasteiger partial charge >= 0.3 is 0 Å². The van der Waals surface area contributed by atoms with Gasteiger partial charge in [-0.25, -0.2) is 4.98 Å². The molecule has 2 rings (SSSR count). The molecule has 0 aliphatic rings. The first-order valence-corrected chi connectivity index (χ1v) is 5.97. The smallest absolute Gasteiger partial charge is 0.251 e. The van der Waals surface area contributed by atoms with E-state index in [4.69, 9.17) is 0 Å². The van der Waals surface area contributed by atoms with Crippen molar-refractivity contribution in [2.75, 3.05) is 0 Å². The van der Waals surface area contributed by atoms with Gasteiger partial charge in [-0.1, -0.05) is 15.9 Å². The van der Waals surface area contributed by atoms with Crippen LogP contribution in [0.5, 0.6) is 0 Å². The average Bonchev–Trinajstić information content (AvgIpc) is 2.82. The van der Waals surface area contributed by atoms with Gasteiger partial charge in [0.15, 0.2) is 0 Å². The molecule has 4 nitrogen and oxygen atoms in total. The molecular weight excluding hydrogens is 282 g/mol. The first-order valence-electron chi connectivity index (χ1n) is 5.18. The van der Waals surface area contributed by atoms with Gasteiger partial charge in [0, 0.05) is 16.2 Å². The fourth-order valence-corrected chi connectivity index (χ4v) is 1.69. The summed E-state index contributed by atoms with van der Waals surface area (Å²) in [6.07, 6.45) is 3.28. The first-order chi connectivity index (χ1) is 8.16. The van der Waals surface area contributed by atoms with Gasteiger partial charge in [0.25, 0.3) is 5.91 Å². The Kier molecular flexibility index (Phi) is 3.58. The standard InChI is InChI=1S/C12H12BrN3O/c1-8-4-9(2-3-11(8)13)12(17)15-6-10-5-14-7-16-10/h2-5,7H,6H2,1H3,(H,14,16)(H,15,17). The number of halogens is 1. The van der Waals surface area contributed by atoms with Gasteiger partial charge in [-0.2, -0.15) is 0 Å². The summed E-state index contributed by atoms with van der Waals surface area (Å²) in [6.45, 7) is 2.41. The van der Waals surface area contributed by atoms with Crippen molar-refractivity contribution >= 4 is 21.8 Å². The van der Waals surface area contributed by atoms with Gasteiger partial charge in [0.2, 0.25) is 0 Å². The lowest BCUT2D eigenvalue weighted by Gasteiger charge is -2.05. The number of benzene rings is 1. The molecule has 17 heavy (non-hydrogen) atoms. The highest BCUT2D eigenvalue weighted by Gasteiger charge is 2.06. The van der Waals surface area contributed by atoms with E-state index in [2.05, 4.69) is 31.2 Å². The number of amides is 1. The fourth-order valence-electron chi connectivity index (χ4n) is 1.44. The number of imidazole rings is 1. The molecular formula is C12H12BrN3O. The molecule has 1 aromatic carbocycles. The number of nitrogens with one attached hydrogen (secondary N) is 2. The summed E-state index contributed by atoms with van der Waals surface area (Å²) in [4.78, 5) is 18.7. The Morgan fingerprint density at radius 2 is 2.35 bits per heavy atom. The molecule has 1 aromatic heterocycles. The fraction of sp³-hybridized carbons (Fsp3) is 0.167. The van der Waals surface area contributed by atoms with Crippen LogP contribution in [-0.4, -0.2) is 15.9 Å². The molecule has 1 amide bonds. The van der Waals surface area contributed by atoms with Crippen molar-refractivity contribution in [3.8, 4) is 0 Å². The summed E-state index contributed by atoms with van der Waals surface area (Å²) in [5.41, 5.74) is 2.58. The van der Waals surface area contributed by atoms with Crippen LogP contribution in [0.25, 0.3) is 0 Å². The van der Waals surface area contributed by atoms with Crippen LogP contribution < -0.4 is 5.32 Å². The van der Waals surface area contributed by atoms with Crippen LogP contribution >= 0.6 is 15.9 Å². The van der Waals surface area contributed by atoms with Gasteiger partial charge < -0.3 is 10.3 Å². The summed E-state index contributed by atoms with van der Waals surface area (Å²) >= 11 is 3.40. The van der Waals surface area contributed by atoms with E-state index in [9.17, 15) is 4.79 Å². The minimum absolute atomic E-state index is 0.0878. The van der Waals surface area contributed by atoms with E-state index in [0.29, 0.717) is 12.1 Å². The highest BCUT2D eigenvalue weighted by molar-refractivity contribution is 9.10. The Morgan fingerprint density at radius 3 is 3.00 bits per heavy atom. The molecule has 2 aromatic rings. The number of rotatable bonds is 3. The van der Waals surface area contributed by atoms with Gasteiger partial charge in [-0.05, 0) is 30.7 Å². The lowest BCUT2D eigenvalue weighted by Crippen LogP contribution is -2.23. The van der Waals surface area contributed by atoms with E-state index in [1.807, 2.05) is 19.1 Å². The molecule has 5 heteroatoms. The molecule has 0 radical (unpaired) electrons. The van der Waals surface area contributed by atoms with Crippen LogP contribution in [0.2, 0.25) is 0 Å². The Balaban J connectivity index is 2.02. The van der Waals surface area contributed by atoms with Crippen molar-refractivity contribution in [2.45, 2.75) is 13.5 Å². The number of H-pyrrole nitrogens is 1. The second-order valence-corrected chi connectivity index (χ2v) is 4.58. The summed E-state index contributed by atoms with van der Waals surface area (Å²) in [7, 11) is 0. The lowest BCUT2D eigenvalue weighted by molar-refractivity contribution is 0.0950. The molecule has 88 valence electrons. The van der Waals surface area contributed by atoms with Gasteiger partial charge in [-0.3, -0.25) is 4.79 Å². The first kappa shape index (κ1) is 11.9. The third-order valence-corrected chi connectivity index (χ3v) is 3.30. The average molecular weight is 294 g/mol. The minimum atomic E-state index is -0.0878. The van der Waals surface area contributed by atoms with Gasteiger partial charge in [0.1, 0.15) is 0 Å². The van der Waals surface area contributed by atoms with Gasteiger partial charge in [0.05, 0.1) is 18.6 Å². The third kappa shape index (κ3) is 2.94. The number of carbonyl (C=O) groups is 1. The van der Waals surface area contributed by atoms with E-state index in [1.165, 1.54) is 0 Å². The largest absolute Gasteiger partial charge is 0.347 e. The second kappa shape index (κ2) is 5.14. The Labute approximate surface area is 108 Å². The lowest BCUT2D eigenvalue weighted by atomic mass is 10.1. The maximum absolute atomic E-state index is 11.8. The van der Waals surface area contributed by atoms with Crippen LogP contribution in [0.1, 0.15) is 21.6 Å². The molecule has 0 aliphatic heterocycles.